The van der Waals surface area contributed by atoms with Gasteiger partial charge in [0.2, 0.25) is 10.0 Å². The topological polar surface area (TPSA) is 84.9 Å². The van der Waals surface area contributed by atoms with Crippen molar-refractivity contribution in [3.63, 3.8) is 0 Å². The normalized spacial score (nSPS) is 17.4. The molecule has 0 fully saturated rings. The number of amides is 1. The average Bonchev–Trinajstić information content (AvgIpc) is 2.66. The molecule has 2 atom stereocenters. The third-order valence-electron chi connectivity index (χ3n) is 4.39. The van der Waals surface area contributed by atoms with E-state index < -0.39 is 22.0 Å². The van der Waals surface area contributed by atoms with Crippen molar-refractivity contribution in [1.29, 1.82) is 0 Å². The number of sulfonamides is 1. The summed E-state index contributed by atoms with van der Waals surface area (Å²) in [6.45, 7) is 1.75. The second-order valence-electron chi connectivity index (χ2n) is 6.34. The molecule has 1 amide bonds. The molecular weight excluding hydrogens is 368 g/mol. The first-order chi connectivity index (χ1) is 12.8. The first-order valence-corrected chi connectivity index (χ1v) is 10.3. The Morgan fingerprint density at radius 1 is 1.22 bits per heavy atom. The second-order valence-corrected chi connectivity index (χ2v) is 8.25. The Hall–Kier alpha value is -2.74. The monoisotopic (exact) mass is 390 g/mol. The lowest BCUT2D eigenvalue weighted by atomic mass is 10.1. The van der Waals surface area contributed by atoms with Crippen LogP contribution >= 0.6 is 0 Å². The zero-order valence-electron chi connectivity index (χ0n) is 15.4. The van der Waals surface area contributed by atoms with Gasteiger partial charge in [-0.2, -0.15) is 0 Å². The van der Waals surface area contributed by atoms with Gasteiger partial charge in [0.1, 0.15) is 11.5 Å². The van der Waals surface area contributed by atoms with Crippen LogP contribution in [0, 0.1) is 0 Å². The van der Waals surface area contributed by atoms with Crippen molar-refractivity contribution in [2.75, 3.05) is 24.2 Å². The number of rotatable bonds is 5. The predicted molar refractivity (Wildman–Crippen MR) is 103 cm³/mol. The fourth-order valence-corrected chi connectivity index (χ4v) is 3.98. The number of hydrogen-bond donors (Lipinski definition) is 1. The standard InChI is InChI=1S/C19H22N2O5S/c1-13(14-8-4-6-10-16(14)25-2)20-19(22)18-12-21(27(3,23)24)15-9-5-7-11-17(15)26-18/h4-11,13,18H,12H2,1-3H3,(H,20,22)/t13-,18+/m1/s1. The van der Waals surface area contributed by atoms with Crippen LogP contribution in [0.25, 0.3) is 0 Å². The van der Waals surface area contributed by atoms with Crippen molar-refractivity contribution in [2.24, 2.45) is 0 Å². The third-order valence-corrected chi connectivity index (χ3v) is 5.54. The Bertz CT molecular complexity index is 945. The summed E-state index contributed by atoms with van der Waals surface area (Å²) in [5, 5.41) is 2.88. The zero-order valence-corrected chi connectivity index (χ0v) is 16.2. The van der Waals surface area contributed by atoms with Gasteiger partial charge in [0, 0.05) is 5.56 Å². The van der Waals surface area contributed by atoms with Crippen LogP contribution in [0.4, 0.5) is 5.69 Å². The number of nitrogens with zero attached hydrogens (tertiary/aromatic N) is 1. The Morgan fingerprint density at radius 3 is 2.59 bits per heavy atom. The molecule has 0 aromatic heterocycles. The van der Waals surface area contributed by atoms with Crippen LogP contribution in [0.2, 0.25) is 0 Å². The highest BCUT2D eigenvalue weighted by Gasteiger charge is 2.35. The number of ether oxygens (including phenoxy) is 2. The lowest BCUT2D eigenvalue weighted by molar-refractivity contribution is -0.128. The van der Waals surface area contributed by atoms with Crippen molar-refractivity contribution < 1.29 is 22.7 Å². The lowest BCUT2D eigenvalue weighted by Crippen LogP contribution is -2.50. The third kappa shape index (κ3) is 4.00. The molecule has 8 heteroatoms. The number of anilines is 1. The molecule has 0 radical (unpaired) electrons. The molecule has 1 aliphatic rings. The van der Waals surface area contributed by atoms with Gasteiger partial charge in [-0.25, -0.2) is 8.42 Å². The molecule has 0 aliphatic carbocycles. The molecule has 7 nitrogen and oxygen atoms in total. The number of methoxy groups -OCH3 is 1. The number of benzene rings is 2. The van der Waals surface area contributed by atoms with Gasteiger partial charge >= 0.3 is 0 Å². The van der Waals surface area contributed by atoms with Gasteiger partial charge in [0.25, 0.3) is 5.91 Å². The number of carbonyl (C=O) groups excluding carboxylic acids is 1. The molecule has 0 spiro atoms. The molecule has 1 N–H and O–H groups in total. The van der Waals surface area contributed by atoms with Crippen LogP contribution in [0.5, 0.6) is 11.5 Å². The van der Waals surface area contributed by atoms with E-state index in [2.05, 4.69) is 5.32 Å². The van der Waals surface area contributed by atoms with E-state index in [-0.39, 0.29) is 12.6 Å². The van der Waals surface area contributed by atoms with E-state index in [1.54, 1.807) is 31.4 Å². The first kappa shape index (κ1) is 19.0. The first-order valence-electron chi connectivity index (χ1n) is 8.48. The molecule has 0 unspecified atom stereocenters. The lowest BCUT2D eigenvalue weighted by Gasteiger charge is -2.34. The summed E-state index contributed by atoms with van der Waals surface area (Å²) < 4.78 is 36.6. The zero-order chi connectivity index (χ0) is 19.6. The van der Waals surface area contributed by atoms with Gasteiger partial charge in [0.15, 0.2) is 6.10 Å². The van der Waals surface area contributed by atoms with Crippen molar-refractivity contribution in [2.45, 2.75) is 19.1 Å². The molecule has 0 saturated heterocycles. The number of para-hydroxylation sites is 3. The fraction of sp³-hybridized carbons (Fsp3) is 0.316. The van der Waals surface area contributed by atoms with Crippen LogP contribution in [0.15, 0.2) is 48.5 Å². The Labute approximate surface area is 158 Å². The van der Waals surface area contributed by atoms with E-state index >= 15 is 0 Å². The summed E-state index contributed by atoms with van der Waals surface area (Å²) in [5.41, 5.74) is 1.26. The Balaban J connectivity index is 1.81. The van der Waals surface area contributed by atoms with Gasteiger partial charge in [-0.3, -0.25) is 9.10 Å². The van der Waals surface area contributed by atoms with Gasteiger partial charge in [-0.05, 0) is 25.1 Å². The minimum Gasteiger partial charge on any atom is -0.496 e. The van der Waals surface area contributed by atoms with Crippen LogP contribution in [0.3, 0.4) is 0 Å². The van der Waals surface area contributed by atoms with Crippen LogP contribution in [-0.4, -0.2) is 40.3 Å². The number of fused-ring (bicyclic) bond motifs is 1. The fourth-order valence-electron chi connectivity index (χ4n) is 3.06. The molecular formula is C19H22N2O5S. The second kappa shape index (κ2) is 7.48. The van der Waals surface area contributed by atoms with E-state index in [0.29, 0.717) is 17.2 Å². The smallest absolute Gasteiger partial charge is 0.263 e. The summed E-state index contributed by atoms with van der Waals surface area (Å²) in [7, 11) is -1.98. The molecule has 0 bridgehead atoms. The molecule has 2 aromatic rings. The highest BCUT2D eigenvalue weighted by atomic mass is 32.2. The molecule has 3 rings (SSSR count). The van der Waals surface area contributed by atoms with E-state index in [9.17, 15) is 13.2 Å². The van der Waals surface area contributed by atoms with E-state index in [0.717, 1.165) is 11.8 Å². The van der Waals surface area contributed by atoms with Gasteiger partial charge in [-0.1, -0.05) is 30.3 Å². The number of hydrogen-bond acceptors (Lipinski definition) is 5. The summed E-state index contributed by atoms with van der Waals surface area (Å²) >= 11 is 0. The van der Waals surface area contributed by atoms with Crippen molar-refractivity contribution in [1.82, 2.24) is 5.32 Å². The van der Waals surface area contributed by atoms with E-state index in [1.165, 1.54) is 4.31 Å². The molecule has 0 saturated carbocycles. The summed E-state index contributed by atoms with van der Waals surface area (Å²) in [6.07, 6.45) is 0.161. The quantitative estimate of drug-likeness (QED) is 0.845. The van der Waals surface area contributed by atoms with Crippen molar-refractivity contribution in [3.05, 3.63) is 54.1 Å². The molecule has 1 aliphatic heterocycles. The highest BCUT2D eigenvalue weighted by Crippen LogP contribution is 2.35. The minimum atomic E-state index is -3.54. The summed E-state index contributed by atoms with van der Waals surface area (Å²) in [4.78, 5) is 12.8. The largest absolute Gasteiger partial charge is 0.496 e. The van der Waals surface area contributed by atoms with Gasteiger partial charge in [0.05, 0.1) is 31.6 Å². The maximum Gasteiger partial charge on any atom is 0.263 e. The van der Waals surface area contributed by atoms with Crippen LogP contribution in [-0.2, 0) is 14.8 Å². The SMILES string of the molecule is COc1ccccc1[C@@H](C)NC(=O)[C@@H]1CN(S(C)(=O)=O)c2ccccc2O1. The minimum absolute atomic E-state index is 0.0830. The molecule has 2 aromatic carbocycles. The summed E-state index contributed by atoms with van der Waals surface area (Å²) in [6, 6.07) is 13.8. The maximum atomic E-state index is 12.8. The number of carbonyl (C=O) groups is 1. The van der Waals surface area contributed by atoms with E-state index in [4.69, 9.17) is 9.47 Å². The van der Waals surface area contributed by atoms with Crippen LogP contribution in [0.1, 0.15) is 18.5 Å². The van der Waals surface area contributed by atoms with Crippen molar-refractivity contribution in [3.8, 4) is 11.5 Å². The van der Waals surface area contributed by atoms with Gasteiger partial charge < -0.3 is 14.8 Å². The maximum absolute atomic E-state index is 12.8. The molecule has 144 valence electrons. The molecule has 1 heterocycles. The average molecular weight is 390 g/mol. The van der Waals surface area contributed by atoms with Gasteiger partial charge in [-0.15, -0.1) is 0 Å². The number of nitrogens with one attached hydrogen (secondary N) is 1. The Kier molecular flexibility index (Phi) is 5.27. The summed E-state index contributed by atoms with van der Waals surface area (Å²) in [5.74, 6) is 0.633. The van der Waals surface area contributed by atoms with Crippen molar-refractivity contribution >= 4 is 21.6 Å². The van der Waals surface area contributed by atoms with Crippen LogP contribution < -0.4 is 19.1 Å². The predicted octanol–water partition coefficient (Wildman–Crippen LogP) is 2.10. The Morgan fingerprint density at radius 2 is 1.89 bits per heavy atom. The molecule has 27 heavy (non-hydrogen) atoms. The van der Waals surface area contributed by atoms with E-state index in [1.807, 2.05) is 31.2 Å². The highest BCUT2D eigenvalue weighted by molar-refractivity contribution is 7.92.